The van der Waals surface area contributed by atoms with Crippen molar-refractivity contribution in [3.8, 4) is 0 Å². The highest BCUT2D eigenvalue weighted by Gasteiger charge is 2.23. The van der Waals surface area contributed by atoms with Gasteiger partial charge in [-0.25, -0.2) is 0 Å². The van der Waals surface area contributed by atoms with Crippen LogP contribution in [0.2, 0.25) is 0 Å². The number of nitrogens with zero attached hydrogens (tertiary/aromatic N) is 2. The van der Waals surface area contributed by atoms with Crippen LogP contribution in [0.15, 0.2) is 40.9 Å². The molecule has 8 heteroatoms. The van der Waals surface area contributed by atoms with Gasteiger partial charge in [0, 0.05) is 34.9 Å². The molecule has 2 aromatic rings. The van der Waals surface area contributed by atoms with Gasteiger partial charge in [0.25, 0.3) is 11.6 Å². The number of benzene rings is 2. The molecule has 7 nitrogen and oxygen atoms in total. The molecule has 136 valence electrons. The number of nitro groups is 1. The second-order valence-corrected chi connectivity index (χ2v) is 6.89. The van der Waals surface area contributed by atoms with Crippen LogP contribution in [0.3, 0.4) is 0 Å². The molecule has 2 aromatic carbocycles. The molecule has 0 atom stereocenters. The number of morpholine rings is 1. The molecule has 3 rings (SSSR count). The van der Waals surface area contributed by atoms with Crippen LogP contribution >= 0.6 is 15.9 Å². The third-order valence-electron chi connectivity index (χ3n) is 4.22. The van der Waals surface area contributed by atoms with Crippen LogP contribution in [0.1, 0.15) is 15.9 Å². The maximum absolute atomic E-state index is 12.5. The highest BCUT2D eigenvalue weighted by Crippen LogP contribution is 2.30. The van der Waals surface area contributed by atoms with Crippen molar-refractivity contribution in [2.45, 2.75) is 6.92 Å². The first-order chi connectivity index (χ1) is 12.5. The highest BCUT2D eigenvalue weighted by atomic mass is 79.9. The fraction of sp³-hybridized carbons (Fsp3) is 0.278. The van der Waals surface area contributed by atoms with E-state index in [1.807, 2.05) is 24.0 Å². The number of carbonyl (C=O) groups is 1. The Labute approximate surface area is 159 Å². The molecule has 0 spiro atoms. The smallest absolute Gasteiger partial charge is 0.293 e. The van der Waals surface area contributed by atoms with E-state index in [1.54, 1.807) is 18.2 Å². The van der Waals surface area contributed by atoms with E-state index in [0.29, 0.717) is 37.7 Å². The minimum Gasteiger partial charge on any atom is -0.378 e. The molecule has 1 N–H and O–H groups in total. The largest absolute Gasteiger partial charge is 0.378 e. The summed E-state index contributed by atoms with van der Waals surface area (Å²) in [5.74, 6) is -0.382. The first kappa shape index (κ1) is 18.3. The van der Waals surface area contributed by atoms with Crippen molar-refractivity contribution >= 4 is 38.9 Å². The molecule has 1 heterocycles. The first-order valence-corrected chi connectivity index (χ1v) is 8.93. The van der Waals surface area contributed by atoms with E-state index in [0.717, 1.165) is 10.0 Å². The summed E-state index contributed by atoms with van der Waals surface area (Å²) < 4.78 is 6.21. The third kappa shape index (κ3) is 4.03. The van der Waals surface area contributed by atoms with Gasteiger partial charge in [-0.1, -0.05) is 15.9 Å². The summed E-state index contributed by atoms with van der Waals surface area (Å²) in [5, 5.41) is 14.3. The van der Waals surface area contributed by atoms with Gasteiger partial charge in [-0.3, -0.25) is 14.9 Å². The molecule has 0 bridgehead atoms. The number of carbonyl (C=O) groups excluding carboxylic acids is 1. The van der Waals surface area contributed by atoms with Crippen LogP contribution in [0.4, 0.5) is 17.1 Å². The minimum atomic E-state index is -0.452. The number of rotatable bonds is 4. The van der Waals surface area contributed by atoms with Crippen molar-refractivity contribution in [2.75, 3.05) is 36.5 Å². The number of amides is 1. The zero-order chi connectivity index (χ0) is 18.7. The standard InChI is InChI=1S/C18H18BrN3O4/c1-12-10-14(19)3-4-15(12)20-18(23)13-2-5-16(17(11-13)22(24)25)21-6-8-26-9-7-21/h2-5,10-11H,6-9H2,1H3,(H,20,23). The Morgan fingerprint density at radius 3 is 2.62 bits per heavy atom. The summed E-state index contributed by atoms with van der Waals surface area (Å²) >= 11 is 3.38. The molecule has 0 radical (unpaired) electrons. The maximum Gasteiger partial charge on any atom is 0.293 e. The van der Waals surface area contributed by atoms with E-state index in [9.17, 15) is 14.9 Å². The molecule has 1 aliphatic rings. The molecule has 1 saturated heterocycles. The molecule has 26 heavy (non-hydrogen) atoms. The van der Waals surface area contributed by atoms with Gasteiger partial charge in [0.2, 0.25) is 0 Å². The van der Waals surface area contributed by atoms with E-state index < -0.39 is 4.92 Å². The fourth-order valence-corrected chi connectivity index (χ4v) is 3.32. The van der Waals surface area contributed by atoms with Gasteiger partial charge in [0.15, 0.2) is 0 Å². The van der Waals surface area contributed by atoms with Crippen LogP contribution in [0.25, 0.3) is 0 Å². The van der Waals surface area contributed by atoms with Gasteiger partial charge >= 0.3 is 0 Å². The van der Waals surface area contributed by atoms with Crippen molar-refractivity contribution in [1.29, 1.82) is 0 Å². The molecular weight excluding hydrogens is 402 g/mol. The number of ether oxygens (including phenoxy) is 1. The second-order valence-electron chi connectivity index (χ2n) is 5.97. The zero-order valence-electron chi connectivity index (χ0n) is 14.2. The average molecular weight is 420 g/mol. The number of hydrogen-bond donors (Lipinski definition) is 1. The number of anilines is 2. The van der Waals surface area contributed by atoms with Crippen LogP contribution in [0.5, 0.6) is 0 Å². The van der Waals surface area contributed by atoms with Gasteiger partial charge in [0.05, 0.1) is 18.1 Å². The molecule has 0 aromatic heterocycles. The summed E-state index contributed by atoms with van der Waals surface area (Å²) in [5.41, 5.74) is 2.24. The molecule has 0 saturated carbocycles. The Kier molecular flexibility index (Phi) is 5.53. The Hall–Kier alpha value is -2.45. The lowest BCUT2D eigenvalue weighted by Crippen LogP contribution is -2.36. The van der Waals surface area contributed by atoms with Crippen LogP contribution < -0.4 is 10.2 Å². The quantitative estimate of drug-likeness (QED) is 0.602. The highest BCUT2D eigenvalue weighted by molar-refractivity contribution is 9.10. The summed E-state index contributed by atoms with van der Waals surface area (Å²) in [6, 6.07) is 10.1. The van der Waals surface area contributed by atoms with E-state index >= 15 is 0 Å². The molecule has 0 aliphatic carbocycles. The summed E-state index contributed by atoms with van der Waals surface area (Å²) in [7, 11) is 0. The third-order valence-corrected chi connectivity index (χ3v) is 4.72. The Balaban J connectivity index is 1.86. The lowest BCUT2D eigenvalue weighted by Gasteiger charge is -2.28. The second kappa shape index (κ2) is 7.84. The normalized spacial score (nSPS) is 14.2. The van der Waals surface area contributed by atoms with Crippen LogP contribution in [-0.2, 0) is 4.74 Å². The SMILES string of the molecule is Cc1cc(Br)ccc1NC(=O)c1ccc(N2CCOCC2)c([N+](=O)[O-])c1. The van der Waals surface area contributed by atoms with E-state index in [2.05, 4.69) is 21.2 Å². The predicted molar refractivity (Wildman–Crippen MR) is 103 cm³/mol. The van der Waals surface area contributed by atoms with Gasteiger partial charge in [-0.05, 0) is 42.8 Å². The van der Waals surface area contributed by atoms with Crippen molar-refractivity contribution in [2.24, 2.45) is 0 Å². The topological polar surface area (TPSA) is 84.7 Å². The van der Waals surface area contributed by atoms with E-state index in [1.165, 1.54) is 6.07 Å². The van der Waals surface area contributed by atoms with Crippen molar-refractivity contribution < 1.29 is 14.5 Å². The van der Waals surface area contributed by atoms with E-state index in [4.69, 9.17) is 4.74 Å². The number of halogens is 1. The lowest BCUT2D eigenvalue weighted by atomic mass is 10.1. The van der Waals surface area contributed by atoms with Crippen molar-refractivity contribution in [1.82, 2.24) is 0 Å². The first-order valence-electron chi connectivity index (χ1n) is 8.14. The number of aryl methyl sites for hydroxylation is 1. The van der Waals surface area contributed by atoms with Crippen LogP contribution in [-0.4, -0.2) is 37.1 Å². The molecular formula is C18H18BrN3O4. The molecule has 1 aliphatic heterocycles. The van der Waals surface area contributed by atoms with Crippen LogP contribution in [0, 0.1) is 17.0 Å². The molecule has 1 amide bonds. The lowest BCUT2D eigenvalue weighted by molar-refractivity contribution is -0.384. The predicted octanol–water partition coefficient (Wildman–Crippen LogP) is 3.75. The molecule has 1 fully saturated rings. The number of hydrogen-bond acceptors (Lipinski definition) is 5. The summed E-state index contributed by atoms with van der Waals surface area (Å²) in [6.45, 7) is 4.11. The Morgan fingerprint density at radius 2 is 1.96 bits per heavy atom. The molecule has 0 unspecified atom stereocenters. The minimum absolute atomic E-state index is 0.0768. The summed E-state index contributed by atoms with van der Waals surface area (Å²) in [4.78, 5) is 25.5. The number of nitro benzene ring substituents is 1. The number of nitrogens with one attached hydrogen (secondary N) is 1. The van der Waals surface area contributed by atoms with Gasteiger partial charge in [-0.2, -0.15) is 0 Å². The van der Waals surface area contributed by atoms with Crippen molar-refractivity contribution in [3.05, 3.63) is 62.1 Å². The van der Waals surface area contributed by atoms with Gasteiger partial charge in [0.1, 0.15) is 5.69 Å². The van der Waals surface area contributed by atoms with Gasteiger partial charge < -0.3 is 15.0 Å². The maximum atomic E-state index is 12.5. The zero-order valence-corrected chi connectivity index (χ0v) is 15.8. The van der Waals surface area contributed by atoms with Crippen molar-refractivity contribution in [3.63, 3.8) is 0 Å². The van der Waals surface area contributed by atoms with Gasteiger partial charge in [-0.15, -0.1) is 0 Å². The monoisotopic (exact) mass is 419 g/mol. The van der Waals surface area contributed by atoms with E-state index in [-0.39, 0.29) is 17.2 Å². The average Bonchev–Trinajstić information content (AvgIpc) is 2.64. The Morgan fingerprint density at radius 1 is 1.23 bits per heavy atom. The summed E-state index contributed by atoms with van der Waals surface area (Å²) in [6.07, 6.45) is 0. The fourth-order valence-electron chi connectivity index (χ4n) is 2.84. The Bertz CT molecular complexity index is 850.